The van der Waals surface area contributed by atoms with E-state index in [1.807, 2.05) is 0 Å². The van der Waals surface area contributed by atoms with E-state index in [0.29, 0.717) is 0 Å². The largest absolute Gasteiger partial charge is 0.311 e. The molecule has 9 heteroatoms. The second kappa shape index (κ2) is 21.8. The summed E-state index contributed by atoms with van der Waals surface area (Å²) < 4.78 is 2.54. The first-order chi connectivity index (χ1) is 49.2. The first-order valence-electron chi connectivity index (χ1n) is 34.2. The zero-order chi connectivity index (χ0) is 64.8. The summed E-state index contributed by atoms with van der Waals surface area (Å²) in [4.78, 5) is 15.2. The van der Waals surface area contributed by atoms with Gasteiger partial charge in [-0.1, -0.05) is 212 Å². The van der Waals surface area contributed by atoms with E-state index in [1.54, 1.807) is 0 Å². The average molecular weight is 1260 g/mol. The fraction of sp³-hybridized carbons (Fsp3) is 0. The average Bonchev–Trinajstić information content (AvgIpc) is 1.66. The molecule has 0 saturated heterocycles. The Kier molecular flexibility index (Phi) is 12.2. The normalized spacial score (nSPS) is 13.1. The molecule has 0 N–H and O–H groups in total. The summed E-state index contributed by atoms with van der Waals surface area (Å²) in [6.45, 7) is -0.442. The van der Waals surface area contributed by atoms with Crippen LogP contribution >= 0.6 is 0 Å². The van der Waals surface area contributed by atoms with Crippen molar-refractivity contribution in [2.24, 2.45) is 0 Å². The van der Waals surface area contributed by atoms with Crippen molar-refractivity contribution in [1.82, 2.24) is 4.40 Å². The van der Waals surface area contributed by atoms with Crippen molar-refractivity contribution in [3.63, 3.8) is 0 Å². The fourth-order valence-corrected chi connectivity index (χ4v) is 17.2. The number of aromatic nitrogens is 1. The van der Waals surface area contributed by atoms with E-state index in [1.165, 1.54) is 70.9 Å². The van der Waals surface area contributed by atoms with Crippen molar-refractivity contribution in [2.75, 3.05) is 29.4 Å². The van der Waals surface area contributed by atoms with Gasteiger partial charge in [-0.05, 0) is 178 Å². The highest BCUT2D eigenvalue weighted by Gasteiger charge is 2.49. The molecule has 7 nitrogen and oxygen atoms in total. The number of para-hydroxylation sites is 11. The van der Waals surface area contributed by atoms with Gasteiger partial charge in [-0.15, -0.1) is 0 Å². The molecule has 0 bridgehead atoms. The van der Waals surface area contributed by atoms with Crippen molar-refractivity contribution in [1.29, 1.82) is 0 Å². The third-order valence-electron chi connectivity index (χ3n) is 21.1. The van der Waals surface area contributed by atoms with Gasteiger partial charge >= 0.3 is 0 Å². The molecule has 6 heterocycles. The van der Waals surface area contributed by atoms with Crippen molar-refractivity contribution in [3.05, 3.63) is 358 Å². The van der Waals surface area contributed by atoms with Crippen LogP contribution in [0, 0.1) is 0 Å². The lowest BCUT2D eigenvalue weighted by Crippen LogP contribution is -2.65. The zero-order valence-electron chi connectivity index (χ0n) is 53.8. The van der Waals surface area contributed by atoms with E-state index in [9.17, 15) is 0 Å². The van der Waals surface area contributed by atoms with E-state index in [4.69, 9.17) is 0 Å². The van der Waals surface area contributed by atoms with Crippen LogP contribution in [0.2, 0.25) is 0 Å². The van der Waals surface area contributed by atoms with Gasteiger partial charge in [0.1, 0.15) is 0 Å². The number of nitrogens with zero attached hydrogens (tertiary/aromatic N) is 7. The molecular weight excluding hydrogens is 1200 g/mol. The molecule has 0 spiro atoms. The second-order valence-electron chi connectivity index (χ2n) is 26.4. The minimum absolute atomic E-state index is 0.193. The maximum Gasteiger partial charge on any atom is 0.252 e. The van der Waals surface area contributed by atoms with Crippen LogP contribution in [0.5, 0.6) is 0 Å². The van der Waals surface area contributed by atoms with E-state index < -0.39 is 0 Å². The van der Waals surface area contributed by atoms with E-state index in [0.717, 1.165) is 102 Å². The lowest BCUT2D eigenvalue weighted by atomic mass is 9.30. The molecule has 0 fully saturated rings. The van der Waals surface area contributed by atoms with Gasteiger partial charge in [-0.3, -0.25) is 0 Å². The number of hydrogen-bond donors (Lipinski definition) is 0. The summed E-state index contributed by atoms with van der Waals surface area (Å²) >= 11 is 0. The molecule has 0 radical (unpaired) electrons. The highest BCUT2D eigenvalue weighted by Crippen LogP contribution is 2.53. The van der Waals surface area contributed by atoms with Crippen LogP contribution < -0.4 is 62.2 Å². The SMILES string of the molecule is c1ccc(N(c2ccccc2)c2cc3c4c(c2)N(c2ccccc2)c2cc5c(cc2B4c2ccccc2N3c2ccccc2)B2c3cc4c6cccc7c8ccccc8n(c4cc3N(c3ccccc3)c3cc(N(c4ccccc4)c4ccccc4)cc(c32)N5c2ccccc2)c76)cc1. The molecule has 0 amide bonds. The Morgan fingerprint density at radius 3 is 0.980 bits per heavy atom. The Balaban J connectivity index is 0.913. The maximum atomic E-state index is 2.66. The van der Waals surface area contributed by atoms with Crippen molar-refractivity contribution in [3.8, 4) is 0 Å². The lowest BCUT2D eigenvalue weighted by Gasteiger charge is -2.48. The van der Waals surface area contributed by atoms with Gasteiger partial charge in [0, 0.05) is 113 Å². The summed E-state index contributed by atoms with van der Waals surface area (Å²) in [7, 11) is 0. The summed E-state index contributed by atoms with van der Waals surface area (Å²) in [5.74, 6) is 0. The van der Waals surface area contributed by atoms with Gasteiger partial charge in [-0.25, -0.2) is 0 Å². The molecule has 0 aliphatic carbocycles. The Bertz CT molecular complexity index is 5940. The summed E-state index contributed by atoms with van der Waals surface area (Å²) in [6.07, 6.45) is 0. The molecule has 15 aromatic carbocycles. The van der Waals surface area contributed by atoms with Crippen LogP contribution in [0.4, 0.5) is 102 Å². The first kappa shape index (κ1) is 55.3. The number of fused-ring (bicyclic) bond motifs is 14. The first-order valence-corrected chi connectivity index (χ1v) is 34.2. The minimum atomic E-state index is -0.249. The van der Waals surface area contributed by atoms with Crippen LogP contribution in [0.15, 0.2) is 358 Å². The van der Waals surface area contributed by atoms with E-state index in [2.05, 4.69) is 392 Å². The molecular formula is C90H59B2N7. The molecule has 4 aliphatic heterocycles. The highest BCUT2D eigenvalue weighted by molar-refractivity contribution is 7.03. The molecule has 0 atom stereocenters. The minimum Gasteiger partial charge on any atom is -0.311 e. The van der Waals surface area contributed by atoms with E-state index >= 15 is 0 Å². The quantitative estimate of drug-likeness (QED) is 0.127. The summed E-state index contributed by atoms with van der Waals surface area (Å²) in [5.41, 5.74) is 30.9. The number of rotatable bonds is 10. The van der Waals surface area contributed by atoms with Crippen molar-refractivity contribution < 1.29 is 0 Å². The molecule has 0 unspecified atom stereocenters. The third kappa shape index (κ3) is 8.22. The standard InChI is InChI=1S/C90H59B2N7/c1-9-30-60(31-10-1)93(61-32-11-2-12-33-61)68-52-84-88-85(53-68)97(66-42-21-7-22-43-66)82-59-83-77(57-76(82)91(88)74-49-26-28-51-79(74)95(84)64-38-17-5-18-39-64)92-75-56-73-72-48-29-47-71-70-46-25-27-50-78(70)99(90(71)72)80(73)58-81(75)96(65-40-19-6-20-41-65)86-54-69(55-87(89(86)92)98(83)67-44-23-8-24-45-67)94(62-34-13-3-14-35-62)63-36-15-4-16-37-63/h1-59H. The van der Waals surface area contributed by atoms with Gasteiger partial charge in [-0.2, -0.15) is 0 Å². The predicted molar refractivity (Wildman–Crippen MR) is 419 cm³/mol. The van der Waals surface area contributed by atoms with E-state index in [-0.39, 0.29) is 13.4 Å². The molecule has 17 aromatic rings. The van der Waals surface area contributed by atoms with Gasteiger partial charge in [0.25, 0.3) is 13.4 Å². The number of benzene rings is 15. The fourth-order valence-electron chi connectivity index (χ4n) is 17.2. The number of anilines is 18. The molecule has 21 rings (SSSR count). The van der Waals surface area contributed by atoms with Crippen LogP contribution in [0.25, 0.3) is 38.1 Å². The molecule has 0 saturated carbocycles. The lowest BCUT2D eigenvalue weighted by molar-refractivity contribution is 1.21. The molecule has 4 aliphatic rings. The van der Waals surface area contributed by atoms with Gasteiger partial charge < -0.3 is 33.8 Å². The molecule has 2 aromatic heterocycles. The third-order valence-corrected chi connectivity index (χ3v) is 21.1. The van der Waals surface area contributed by atoms with Gasteiger partial charge in [0.2, 0.25) is 0 Å². The summed E-state index contributed by atoms with van der Waals surface area (Å²) in [5, 5.41) is 5.02. The Labute approximate surface area is 574 Å². The Hall–Kier alpha value is -13.0. The monoisotopic (exact) mass is 1260 g/mol. The maximum absolute atomic E-state index is 2.66. The Morgan fingerprint density at radius 1 is 0.202 bits per heavy atom. The second-order valence-corrected chi connectivity index (χ2v) is 26.4. The smallest absolute Gasteiger partial charge is 0.252 e. The molecule has 99 heavy (non-hydrogen) atoms. The van der Waals surface area contributed by atoms with Crippen LogP contribution in [0.1, 0.15) is 0 Å². The summed E-state index contributed by atoms with van der Waals surface area (Å²) in [6, 6.07) is 133. The van der Waals surface area contributed by atoms with Gasteiger partial charge in [0.05, 0.1) is 27.9 Å². The topological polar surface area (TPSA) is 23.9 Å². The van der Waals surface area contributed by atoms with Crippen LogP contribution in [-0.4, -0.2) is 17.8 Å². The Morgan fingerprint density at radius 2 is 0.535 bits per heavy atom. The predicted octanol–water partition coefficient (Wildman–Crippen LogP) is 19.9. The van der Waals surface area contributed by atoms with Crippen LogP contribution in [-0.2, 0) is 0 Å². The number of hydrogen-bond acceptors (Lipinski definition) is 6. The highest BCUT2D eigenvalue weighted by atomic mass is 15.2. The van der Waals surface area contributed by atoms with Gasteiger partial charge in [0.15, 0.2) is 0 Å². The zero-order valence-corrected chi connectivity index (χ0v) is 53.8. The van der Waals surface area contributed by atoms with Crippen molar-refractivity contribution in [2.45, 2.75) is 0 Å². The van der Waals surface area contributed by atoms with Crippen LogP contribution in [0.3, 0.4) is 0 Å². The molecule has 460 valence electrons. The van der Waals surface area contributed by atoms with Crippen molar-refractivity contribution >= 4 is 187 Å².